The number of ether oxygens (including phenoxy) is 1. The van der Waals surface area contributed by atoms with Crippen LogP contribution in [-0.4, -0.2) is 30.2 Å². The van der Waals surface area contributed by atoms with Gasteiger partial charge >= 0.3 is 0 Å². The molecular formula is C22H25NO3. The Hall–Kier alpha value is -2.62. The smallest absolute Gasteiger partial charge is 0.260 e. The molecule has 4 heteroatoms. The number of amides is 1. The minimum absolute atomic E-state index is 0.0699. The lowest BCUT2D eigenvalue weighted by molar-refractivity contribution is -0.132. The van der Waals surface area contributed by atoms with E-state index in [1.807, 2.05) is 44.2 Å². The van der Waals surface area contributed by atoms with E-state index in [2.05, 4.69) is 6.92 Å². The maximum Gasteiger partial charge on any atom is 0.260 e. The van der Waals surface area contributed by atoms with Crippen molar-refractivity contribution in [1.29, 1.82) is 0 Å². The van der Waals surface area contributed by atoms with Crippen molar-refractivity contribution in [2.24, 2.45) is 0 Å². The fourth-order valence-corrected chi connectivity index (χ4v) is 3.53. The van der Waals surface area contributed by atoms with Crippen molar-refractivity contribution in [2.45, 2.75) is 39.7 Å². The maximum absolute atomic E-state index is 12.4. The summed E-state index contributed by atoms with van der Waals surface area (Å²) in [6.07, 6.45) is 0.512. The predicted molar refractivity (Wildman–Crippen MR) is 102 cm³/mol. The van der Waals surface area contributed by atoms with Gasteiger partial charge in [-0.15, -0.1) is 0 Å². The van der Waals surface area contributed by atoms with E-state index in [0.29, 0.717) is 24.3 Å². The molecule has 1 aliphatic rings. The number of carbonyl (C=O) groups is 2. The van der Waals surface area contributed by atoms with Crippen molar-refractivity contribution < 1.29 is 14.3 Å². The zero-order chi connectivity index (χ0) is 18.8. The van der Waals surface area contributed by atoms with E-state index >= 15 is 0 Å². The van der Waals surface area contributed by atoms with Gasteiger partial charge in [0.05, 0.1) is 5.56 Å². The molecule has 2 aromatic rings. The van der Waals surface area contributed by atoms with Gasteiger partial charge in [-0.05, 0) is 42.5 Å². The second kappa shape index (κ2) is 7.32. The third-order valence-corrected chi connectivity index (χ3v) is 5.01. The normalized spacial score (nSPS) is 15.7. The number of benzene rings is 2. The molecule has 0 aliphatic heterocycles. The predicted octanol–water partition coefficient (Wildman–Crippen LogP) is 4.03. The Morgan fingerprint density at radius 3 is 2.54 bits per heavy atom. The van der Waals surface area contributed by atoms with Gasteiger partial charge in [0, 0.05) is 20.0 Å². The van der Waals surface area contributed by atoms with Crippen molar-refractivity contribution in [1.82, 2.24) is 4.90 Å². The Balaban J connectivity index is 1.67. The highest BCUT2D eigenvalue weighted by Gasteiger charge is 2.31. The summed E-state index contributed by atoms with van der Waals surface area (Å²) in [4.78, 5) is 26.4. The number of rotatable bonds is 5. The van der Waals surface area contributed by atoms with Crippen LogP contribution in [0, 0.1) is 13.8 Å². The molecule has 0 saturated heterocycles. The van der Waals surface area contributed by atoms with E-state index in [-0.39, 0.29) is 24.2 Å². The van der Waals surface area contributed by atoms with Crippen molar-refractivity contribution >= 4 is 11.7 Å². The van der Waals surface area contributed by atoms with E-state index in [4.69, 9.17) is 4.74 Å². The van der Waals surface area contributed by atoms with Gasteiger partial charge in [-0.25, -0.2) is 0 Å². The molecule has 0 N–H and O–H groups in total. The standard InChI is InChI=1S/C22H25NO3/c1-14-5-8-17(9-6-14)12-23(4)20(25)13-26-19-10-7-15(2)21-16(3)11-18(24)22(19)21/h5-10,16H,11-13H2,1-4H3. The molecule has 1 amide bonds. The number of hydrogen-bond donors (Lipinski definition) is 0. The summed E-state index contributed by atoms with van der Waals surface area (Å²) in [5.74, 6) is 0.725. The van der Waals surface area contributed by atoms with E-state index in [1.54, 1.807) is 18.0 Å². The van der Waals surface area contributed by atoms with Gasteiger partial charge in [0.2, 0.25) is 0 Å². The summed E-state index contributed by atoms with van der Waals surface area (Å²) >= 11 is 0. The second-order valence-corrected chi connectivity index (χ2v) is 7.22. The Bertz CT molecular complexity index is 839. The Morgan fingerprint density at radius 2 is 1.85 bits per heavy atom. The van der Waals surface area contributed by atoms with E-state index < -0.39 is 0 Å². The summed E-state index contributed by atoms with van der Waals surface area (Å²) in [5, 5.41) is 0. The monoisotopic (exact) mass is 351 g/mol. The number of hydrogen-bond acceptors (Lipinski definition) is 3. The Morgan fingerprint density at radius 1 is 1.15 bits per heavy atom. The van der Waals surface area contributed by atoms with Gasteiger partial charge < -0.3 is 9.64 Å². The van der Waals surface area contributed by atoms with Gasteiger partial charge in [0.25, 0.3) is 5.91 Å². The third-order valence-electron chi connectivity index (χ3n) is 5.01. The molecule has 0 aromatic heterocycles. The van der Waals surface area contributed by atoms with Gasteiger partial charge in [-0.3, -0.25) is 9.59 Å². The number of nitrogens with zero attached hydrogens (tertiary/aromatic N) is 1. The van der Waals surface area contributed by atoms with Crippen LogP contribution in [0.15, 0.2) is 36.4 Å². The van der Waals surface area contributed by atoms with Gasteiger partial charge in [-0.1, -0.05) is 42.8 Å². The number of carbonyl (C=O) groups excluding carboxylic acids is 2. The van der Waals surface area contributed by atoms with Crippen LogP contribution >= 0.6 is 0 Å². The molecule has 0 fully saturated rings. The minimum Gasteiger partial charge on any atom is -0.483 e. The van der Waals surface area contributed by atoms with Crippen LogP contribution in [0.3, 0.4) is 0 Å². The molecule has 2 aromatic carbocycles. The quantitative estimate of drug-likeness (QED) is 0.817. The Kier molecular flexibility index (Phi) is 5.12. The molecule has 0 saturated carbocycles. The van der Waals surface area contributed by atoms with Crippen LogP contribution in [-0.2, 0) is 11.3 Å². The first-order valence-electron chi connectivity index (χ1n) is 8.96. The first-order chi connectivity index (χ1) is 12.4. The first kappa shape index (κ1) is 18.2. The summed E-state index contributed by atoms with van der Waals surface area (Å²) in [6.45, 7) is 6.57. The van der Waals surface area contributed by atoms with Crippen LogP contribution in [0.1, 0.15) is 51.9 Å². The average Bonchev–Trinajstić information content (AvgIpc) is 2.91. The molecule has 0 spiro atoms. The topological polar surface area (TPSA) is 46.6 Å². The highest BCUT2D eigenvalue weighted by atomic mass is 16.5. The lowest BCUT2D eigenvalue weighted by Crippen LogP contribution is -2.31. The number of fused-ring (bicyclic) bond motifs is 1. The average molecular weight is 351 g/mol. The fourth-order valence-electron chi connectivity index (χ4n) is 3.53. The molecule has 0 bridgehead atoms. The summed E-state index contributed by atoms with van der Waals surface area (Å²) in [7, 11) is 1.76. The number of aryl methyl sites for hydroxylation is 2. The van der Waals surface area contributed by atoms with Crippen molar-refractivity contribution in [2.75, 3.05) is 13.7 Å². The summed E-state index contributed by atoms with van der Waals surface area (Å²) < 4.78 is 5.75. The van der Waals surface area contributed by atoms with Crippen LogP contribution in [0.5, 0.6) is 5.75 Å². The third kappa shape index (κ3) is 3.64. The zero-order valence-electron chi connectivity index (χ0n) is 15.8. The van der Waals surface area contributed by atoms with Gasteiger partial charge in [0.1, 0.15) is 5.75 Å². The van der Waals surface area contributed by atoms with Gasteiger partial charge in [-0.2, -0.15) is 0 Å². The zero-order valence-corrected chi connectivity index (χ0v) is 15.8. The maximum atomic E-state index is 12.4. The van der Waals surface area contributed by atoms with E-state index in [0.717, 1.165) is 16.7 Å². The first-order valence-corrected chi connectivity index (χ1v) is 8.96. The molecule has 4 nitrogen and oxygen atoms in total. The number of ketones is 1. The molecule has 1 atom stereocenters. The Labute approximate surface area is 154 Å². The molecule has 0 radical (unpaired) electrons. The highest BCUT2D eigenvalue weighted by molar-refractivity contribution is 6.04. The molecule has 0 heterocycles. The van der Waals surface area contributed by atoms with Crippen LogP contribution < -0.4 is 4.74 Å². The molecule has 1 unspecified atom stereocenters. The SMILES string of the molecule is Cc1ccc(CN(C)C(=O)COc2ccc(C)c3c2C(=O)CC3C)cc1. The molecule has 26 heavy (non-hydrogen) atoms. The van der Waals surface area contributed by atoms with Crippen LogP contribution in [0.4, 0.5) is 0 Å². The molecule has 1 aliphatic carbocycles. The lowest BCUT2D eigenvalue weighted by atomic mass is 9.97. The number of likely N-dealkylation sites (N-methyl/N-ethyl adjacent to an activating group) is 1. The van der Waals surface area contributed by atoms with Crippen molar-refractivity contribution in [3.8, 4) is 5.75 Å². The highest BCUT2D eigenvalue weighted by Crippen LogP contribution is 2.40. The minimum atomic E-state index is -0.113. The fraction of sp³-hybridized carbons (Fsp3) is 0.364. The summed E-state index contributed by atoms with van der Waals surface area (Å²) in [5.41, 5.74) is 5.10. The van der Waals surface area contributed by atoms with Gasteiger partial charge in [0.15, 0.2) is 12.4 Å². The van der Waals surface area contributed by atoms with E-state index in [1.165, 1.54) is 5.56 Å². The van der Waals surface area contributed by atoms with E-state index in [9.17, 15) is 9.59 Å². The largest absolute Gasteiger partial charge is 0.483 e. The molecule has 136 valence electrons. The van der Waals surface area contributed by atoms with Crippen molar-refractivity contribution in [3.63, 3.8) is 0 Å². The molecule has 3 rings (SSSR count). The van der Waals surface area contributed by atoms with Crippen molar-refractivity contribution in [3.05, 3.63) is 64.2 Å². The second-order valence-electron chi connectivity index (χ2n) is 7.22. The van der Waals surface area contributed by atoms with Crippen LogP contribution in [0.2, 0.25) is 0 Å². The lowest BCUT2D eigenvalue weighted by Gasteiger charge is -2.19. The number of Topliss-reactive ketones (excluding diaryl/α,β-unsaturated/α-hetero) is 1. The summed E-state index contributed by atoms with van der Waals surface area (Å²) in [6, 6.07) is 11.9. The van der Waals surface area contributed by atoms with Crippen LogP contribution in [0.25, 0.3) is 0 Å². The molecular weight excluding hydrogens is 326 g/mol.